The summed E-state index contributed by atoms with van der Waals surface area (Å²) < 4.78 is 32.3. The van der Waals surface area contributed by atoms with Crippen LogP contribution >= 0.6 is 0 Å². The molecule has 0 radical (unpaired) electrons. The third kappa shape index (κ3) is 4.93. The fourth-order valence-electron chi connectivity index (χ4n) is 3.53. The van der Waals surface area contributed by atoms with E-state index in [9.17, 15) is 18.4 Å². The molecule has 3 aromatic rings. The molecular formula is C24H24F2N6O4. The molecule has 0 aliphatic heterocycles. The summed E-state index contributed by atoms with van der Waals surface area (Å²) in [5, 5.41) is 3.52. The van der Waals surface area contributed by atoms with Gasteiger partial charge in [-0.3, -0.25) is 19.4 Å². The molecule has 10 nitrogen and oxygen atoms in total. The van der Waals surface area contributed by atoms with Crippen LogP contribution in [0.3, 0.4) is 0 Å². The minimum atomic E-state index is -2.95. The van der Waals surface area contributed by atoms with E-state index in [1.165, 1.54) is 18.2 Å². The van der Waals surface area contributed by atoms with E-state index >= 15 is 0 Å². The number of hydrogen-bond acceptors (Lipinski definition) is 8. The molecule has 1 aliphatic rings. The number of ether oxygens (including phenoxy) is 1. The summed E-state index contributed by atoms with van der Waals surface area (Å²) in [5.74, 6) is -3.88. The van der Waals surface area contributed by atoms with Gasteiger partial charge in [-0.15, -0.1) is 0 Å². The number of para-hydroxylation sites is 1. The first kappa shape index (κ1) is 24.9. The third-order valence-corrected chi connectivity index (χ3v) is 5.43. The Hall–Kier alpha value is -4.19. The van der Waals surface area contributed by atoms with Crippen LogP contribution in [0.1, 0.15) is 39.8 Å². The lowest BCUT2D eigenvalue weighted by Crippen LogP contribution is -2.31. The van der Waals surface area contributed by atoms with Crippen LogP contribution in [0.5, 0.6) is 5.75 Å². The predicted octanol–water partition coefficient (Wildman–Crippen LogP) is 3.18. The largest absolute Gasteiger partial charge is 0.494 e. The van der Waals surface area contributed by atoms with Crippen molar-refractivity contribution >= 4 is 23.2 Å². The lowest BCUT2D eigenvalue weighted by atomic mass is 10.1. The molecule has 1 fully saturated rings. The Morgan fingerprint density at radius 1 is 1.19 bits per heavy atom. The van der Waals surface area contributed by atoms with Crippen molar-refractivity contribution in [3.8, 4) is 17.1 Å². The second-order valence-corrected chi connectivity index (χ2v) is 8.10. The number of pyridine rings is 1. The standard InChI is InChI=1S/C24H24F2N6O4/c1-4-36-32(17-7-5-6-14(20(17)35-3)22-29-10-13(2)11-30-22)18-8-16(28-12-15(18)21(27)33)23(34)31-19-9-24(19,25)26/h5-8,10-12,19H,4,9H2,1-3H3,(H2,27,33)(H,31,34). The number of nitrogens with two attached hydrogens (primary N) is 1. The van der Waals surface area contributed by atoms with Crippen molar-refractivity contribution in [2.24, 2.45) is 5.73 Å². The maximum atomic E-state index is 13.3. The number of methoxy groups -OCH3 is 1. The fourth-order valence-corrected chi connectivity index (χ4v) is 3.53. The number of nitrogens with zero attached hydrogens (tertiary/aromatic N) is 4. The number of amides is 2. The van der Waals surface area contributed by atoms with E-state index in [0.717, 1.165) is 11.8 Å². The van der Waals surface area contributed by atoms with Crippen molar-refractivity contribution in [3.05, 3.63) is 59.7 Å². The second kappa shape index (κ2) is 9.82. The summed E-state index contributed by atoms with van der Waals surface area (Å²) in [7, 11) is 1.46. The highest BCUT2D eigenvalue weighted by molar-refractivity contribution is 6.02. The van der Waals surface area contributed by atoms with Crippen LogP contribution in [0.2, 0.25) is 0 Å². The molecule has 3 N–H and O–H groups in total. The van der Waals surface area contributed by atoms with Crippen LogP contribution in [-0.4, -0.2) is 52.4 Å². The summed E-state index contributed by atoms with van der Waals surface area (Å²) >= 11 is 0. The number of carbonyl (C=O) groups is 2. The van der Waals surface area contributed by atoms with Gasteiger partial charge in [-0.2, -0.15) is 0 Å². The monoisotopic (exact) mass is 498 g/mol. The van der Waals surface area contributed by atoms with E-state index in [2.05, 4.69) is 20.3 Å². The normalized spacial score (nSPS) is 15.8. The van der Waals surface area contributed by atoms with E-state index in [1.807, 2.05) is 6.92 Å². The van der Waals surface area contributed by atoms with E-state index in [1.54, 1.807) is 37.5 Å². The molecule has 1 aliphatic carbocycles. The molecular weight excluding hydrogens is 474 g/mol. The SMILES string of the molecule is CCON(c1cc(C(=O)NC2CC2(F)F)ncc1C(N)=O)c1cccc(-c2ncc(C)cn2)c1OC. The van der Waals surface area contributed by atoms with Crippen LogP contribution < -0.4 is 20.9 Å². The highest BCUT2D eigenvalue weighted by Crippen LogP contribution is 2.43. The Morgan fingerprint density at radius 2 is 1.89 bits per heavy atom. The Bertz CT molecular complexity index is 1300. The number of rotatable bonds is 9. The smallest absolute Gasteiger partial charge is 0.270 e. The van der Waals surface area contributed by atoms with Gasteiger partial charge < -0.3 is 15.8 Å². The van der Waals surface area contributed by atoms with E-state index in [4.69, 9.17) is 15.3 Å². The maximum absolute atomic E-state index is 13.3. The number of nitrogens with one attached hydrogen (secondary N) is 1. The van der Waals surface area contributed by atoms with E-state index in [-0.39, 0.29) is 23.6 Å². The Kier molecular flexibility index (Phi) is 6.80. The van der Waals surface area contributed by atoms with Crippen LogP contribution in [0.4, 0.5) is 20.2 Å². The number of primary amides is 1. The maximum Gasteiger partial charge on any atom is 0.270 e. The molecule has 0 bridgehead atoms. The first-order valence-electron chi connectivity index (χ1n) is 11.0. The van der Waals surface area contributed by atoms with Crippen molar-refractivity contribution in [1.29, 1.82) is 0 Å². The fraction of sp³-hybridized carbons (Fsp3) is 0.292. The highest BCUT2D eigenvalue weighted by Gasteiger charge is 2.58. The lowest BCUT2D eigenvalue weighted by molar-refractivity contribution is 0.0845. The highest BCUT2D eigenvalue weighted by atomic mass is 19.3. The summed E-state index contributed by atoms with van der Waals surface area (Å²) in [6.45, 7) is 3.74. The van der Waals surface area contributed by atoms with Gasteiger partial charge >= 0.3 is 0 Å². The topological polar surface area (TPSA) is 133 Å². The molecule has 1 atom stereocenters. The number of aromatic nitrogens is 3. The summed E-state index contributed by atoms with van der Waals surface area (Å²) in [6.07, 6.45) is 3.98. The number of carbonyl (C=O) groups excluding carboxylic acids is 2. The van der Waals surface area contributed by atoms with Crippen molar-refractivity contribution in [3.63, 3.8) is 0 Å². The molecule has 2 heterocycles. The van der Waals surface area contributed by atoms with E-state index in [0.29, 0.717) is 22.8 Å². The third-order valence-electron chi connectivity index (χ3n) is 5.43. The van der Waals surface area contributed by atoms with Crippen LogP contribution in [0, 0.1) is 6.92 Å². The molecule has 0 spiro atoms. The number of aryl methyl sites for hydroxylation is 1. The lowest BCUT2D eigenvalue weighted by Gasteiger charge is -2.27. The zero-order valence-electron chi connectivity index (χ0n) is 19.8. The molecule has 188 valence electrons. The number of alkyl halides is 2. The molecule has 0 saturated heterocycles. The van der Waals surface area contributed by atoms with Gasteiger partial charge in [0, 0.05) is 25.0 Å². The zero-order chi connectivity index (χ0) is 26.0. The molecule has 1 saturated carbocycles. The summed E-state index contributed by atoms with van der Waals surface area (Å²) in [6, 6.07) is 5.13. The molecule has 1 aromatic carbocycles. The number of halogens is 2. The zero-order valence-corrected chi connectivity index (χ0v) is 19.8. The van der Waals surface area contributed by atoms with E-state index < -0.39 is 30.2 Å². The molecule has 1 unspecified atom stereocenters. The number of anilines is 2. The number of hydrogen-bond donors (Lipinski definition) is 2. The number of benzene rings is 1. The average Bonchev–Trinajstić information content (AvgIpc) is 3.47. The second-order valence-electron chi connectivity index (χ2n) is 8.10. The van der Waals surface area contributed by atoms with Crippen molar-refractivity contribution in [2.75, 3.05) is 18.8 Å². The van der Waals surface area contributed by atoms with Crippen molar-refractivity contribution < 1.29 is 27.9 Å². The quantitative estimate of drug-likeness (QED) is 0.430. The average molecular weight is 498 g/mol. The first-order chi connectivity index (χ1) is 17.2. The molecule has 36 heavy (non-hydrogen) atoms. The molecule has 2 aromatic heterocycles. The minimum absolute atomic E-state index is 0.0595. The molecule has 4 rings (SSSR count). The van der Waals surface area contributed by atoms with Crippen LogP contribution in [0.15, 0.2) is 42.9 Å². The first-order valence-corrected chi connectivity index (χ1v) is 11.0. The van der Waals surface area contributed by atoms with Crippen molar-refractivity contribution in [2.45, 2.75) is 32.2 Å². The predicted molar refractivity (Wildman–Crippen MR) is 126 cm³/mol. The van der Waals surface area contributed by atoms with Gasteiger partial charge in [0.2, 0.25) is 0 Å². The molecule has 12 heteroatoms. The van der Waals surface area contributed by atoms with Crippen LogP contribution in [-0.2, 0) is 4.84 Å². The van der Waals surface area contributed by atoms with Gasteiger partial charge in [-0.1, -0.05) is 6.07 Å². The van der Waals surface area contributed by atoms with Gasteiger partial charge in [0.05, 0.1) is 36.6 Å². The van der Waals surface area contributed by atoms with Gasteiger partial charge in [-0.25, -0.2) is 23.8 Å². The van der Waals surface area contributed by atoms with Gasteiger partial charge in [0.1, 0.15) is 11.4 Å². The Morgan fingerprint density at radius 3 is 2.47 bits per heavy atom. The molecule has 2 amide bonds. The summed E-state index contributed by atoms with van der Waals surface area (Å²) in [5.41, 5.74) is 7.17. The summed E-state index contributed by atoms with van der Waals surface area (Å²) in [4.78, 5) is 43.3. The van der Waals surface area contributed by atoms with Gasteiger partial charge in [0.25, 0.3) is 17.7 Å². The minimum Gasteiger partial charge on any atom is -0.494 e. The Labute approximate surface area is 205 Å². The van der Waals surface area contributed by atoms with Crippen molar-refractivity contribution in [1.82, 2.24) is 20.3 Å². The Balaban J connectivity index is 1.81. The van der Waals surface area contributed by atoms with Crippen LogP contribution in [0.25, 0.3) is 11.4 Å². The van der Waals surface area contributed by atoms with Gasteiger partial charge in [-0.05, 0) is 37.6 Å². The van der Waals surface area contributed by atoms with Gasteiger partial charge in [0.15, 0.2) is 11.6 Å².